The van der Waals surface area contributed by atoms with Crippen LogP contribution in [0.25, 0.3) is 0 Å². The highest BCUT2D eigenvalue weighted by atomic mass is 17.3. The van der Waals surface area contributed by atoms with Gasteiger partial charge in [-0.25, -0.2) is 4.89 Å². The van der Waals surface area contributed by atoms with E-state index < -0.39 is 0 Å². The van der Waals surface area contributed by atoms with E-state index in [4.69, 9.17) is 9.88 Å². The minimum absolute atomic E-state index is 0.177. The molecule has 1 saturated carbocycles. The monoisotopic (exact) mass is 257 g/mol. The summed E-state index contributed by atoms with van der Waals surface area (Å²) < 4.78 is 0. The molecule has 1 aliphatic carbocycles. The van der Waals surface area contributed by atoms with E-state index in [1.165, 1.54) is 38.5 Å². The van der Waals surface area contributed by atoms with Crippen LogP contribution >= 0.6 is 0 Å². The van der Waals surface area contributed by atoms with Crippen LogP contribution in [0.3, 0.4) is 0 Å². The van der Waals surface area contributed by atoms with Gasteiger partial charge in [0.15, 0.2) is 0 Å². The lowest BCUT2D eigenvalue weighted by molar-refractivity contribution is -0.457. The highest BCUT2D eigenvalue weighted by molar-refractivity contribution is 4.88. The molecule has 4 nitrogen and oxygen atoms in total. The molecule has 0 unspecified atom stereocenters. The number of nitrogens with zero attached hydrogens (tertiary/aromatic N) is 1. The van der Waals surface area contributed by atoms with Gasteiger partial charge in [-0.15, -0.1) is 10.1 Å². The molecule has 2 aliphatic rings. The second-order valence-corrected chi connectivity index (χ2v) is 5.71. The number of aliphatic hydroxyl groups excluding tert-OH is 1. The largest absolute Gasteiger partial charge is 0.394 e. The first kappa shape index (κ1) is 14.3. The molecule has 1 heterocycles. The molecule has 2 rings (SSSR count). The van der Waals surface area contributed by atoms with Crippen molar-refractivity contribution in [2.75, 3.05) is 19.8 Å². The fraction of sp³-hybridized carbons (Fsp3) is 1.00. The van der Waals surface area contributed by atoms with E-state index in [1.54, 1.807) is 0 Å². The van der Waals surface area contributed by atoms with Crippen LogP contribution in [0.2, 0.25) is 0 Å². The van der Waals surface area contributed by atoms with Gasteiger partial charge in [0, 0.05) is 6.54 Å². The molecule has 1 N–H and O–H groups in total. The van der Waals surface area contributed by atoms with Crippen molar-refractivity contribution in [2.45, 2.75) is 69.7 Å². The molecule has 0 bridgehead atoms. The molecule has 0 radical (unpaired) electrons. The zero-order chi connectivity index (χ0) is 12.7. The lowest BCUT2D eigenvalue weighted by atomic mass is 9.84. The lowest BCUT2D eigenvalue weighted by Crippen LogP contribution is -2.52. The Bertz CT molecular complexity index is 219. The maximum absolute atomic E-state index is 9.90. The zero-order valence-electron chi connectivity index (χ0n) is 11.4. The second-order valence-electron chi connectivity index (χ2n) is 5.71. The van der Waals surface area contributed by atoms with Crippen molar-refractivity contribution in [1.29, 1.82) is 0 Å². The van der Waals surface area contributed by atoms with Gasteiger partial charge in [-0.2, -0.15) is 0 Å². The molecule has 18 heavy (non-hydrogen) atoms. The highest BCUT2D eigenvalue weighted by Crippen LogP contribution is 2.32. The standard InChI is InChI=1S/C14H27NO3/c16-13-14(9-5-2-1-3-6-10-14)15-11-7-4-8-12-17-18-15/h16H,1-13H2. The molecule has 106 valence electrons. The molecule has 1 aliphatic heterocycles. The first-order valence-corrected chi connectivity index (χ1v) is 7.55. The van der Waals surface area contributed by atoms with Crippen molar-refractivity contribution < 1.29 is 15.0 Å². The first-order valence-electron chi connectivity index (χ1n) is 7.55. The Morgan fingerprint density at radius 3 is 2.28 bits per heavy atom. The second kappa shape index (κ2) is 7.43. The first-order chi connectivity index (χ1) is 8.87. The van der Waals surface area contributed by atoms with Crippen LogP contribution in [0.5, 0.6) is 0 Å². The average molecular weight is 257 g/mol. The molecule has 2 fully saturated rings. The number of rotatable bonds is 2. The third kappa shape index (κ3) is 3.67. The molecular weight excluding hydrogens is 230 g/mol. The Morgan fingerprint density at radius 2 is 1.56 bits per heavy atom. The van der Waals surface area contributed by atoms with Crippen molar-refractivity contribution >= 4 is 0 Å². The van der Waals surface area contributed by atoms with Crippen LogP contribution < -0.4 is 0 Å². The third-order valence-electron chi connectivity index (χ3n) is 4.34. The maximum atomic E-state index is 9.90. The Balaban J connectivity index is 2.01. The molecule has 0 aromatic rings. The van der Waals surface area contributed by atoms with Crippen molar-refractivity contribution in [3.05, 3.63) is 0 Å². The summed E-state index contributed by atoms with van der Waals surface area (Å²) in [7, 11) is 0. The van der Waals surface area contributed by atoms with E-state index in [9.17, 15) is 5.11 Å². The van der Waals surface area contributed by atoms with Crippen LogP contribution in [0.4, 0.5) is 0 Å². The van der Waals surface area contributed by atoms with Gasteiger partial charge in [-0.1, -0.05) is 32.1 Å². The summed E-state index contributed by atoms with van der Waals surface area (Å²) in [4.78, 5) is 10.7. The van der Waals surface area contributed by atoms with E-state index in [-0.39, 0.29) is 12.1 Å². The van der Waals surface area contributed by atoms with Crippen molar-refractivity contribution in [2.24, 2.45) is 0 Å². The molecule has 1 saturated heterocycles. The summed E-state index contributed by atoms with van der Waals surface area (Å²) in [5.74, 6) is 0. The van der Waals surface area contributed by atoms with Gasteiger partial charge >= 0.3 is 0 Å². The normalized spacial score (nSPS) is 27.8. The number of hydroxylamine groups is 2. The molecular formula is C14H27NO3. The summed E-state index contributed by atoms with van der Waals surface area (Å²) in [6, 6.07) is 0. The van der Waals surface area contributed by atoms with Gasteiger partial charge in [-0.05, 0) is 32.1 Å². The van der Waals surface area contributed by atoms with Gasteiger partial charge < -0.3 is 5.11 Å². The van der Waals surface area contributed by atoms with Crippen LogP contribution in [-0.4, -0.2) is 35.5 Å². The molecule has 0 amide bonds. The number of hydrogen-bond acceptors (Lipinski definition) is 4. The summed E-state index contributed by atoms with van der Waals surface area (Å²) in [6.45, 7) is 1.72. The Labute approximate surface area is 110 Å². The summed E-state index contributed by atoms with van der Waals surface area (Å²) in [5.41, 5.74) is -0.211. The molecule has 0 spiro atoms. The quantitative estimate of drug-likeness (QED) is 0.772. The maximum Gasteiger partial charge on any atom is 0.0842 e. The van der Waals surface area contributed by atoms with Gasteiger partial charge in [0.1, 0.15) is 0 Å². The molecule has 0 aromatic heterocycles. The van der Waals surface area contributed by atoms with E-state index in [2.05, 4.69) is 0 Å². The lowest BCUT2D eigenvalue weighted by Gasteiger charge is -2.42. The van der Waals surface area contributed by atoms with Gasteiger partial charge in [0.05, 0.1) is 18.8 Å². The Hall–Kier alpha value is -0.160. The summed E-state index contributed by atoms with van der Waals surface area (Å²) in [5, 5.41) is 11.8. The van der Waals surface area contributed by atoms with Crippen LogP contribution in [0.15, 0.2) is 0 Å². The van der Waals surface area contributed by atoms with Crippen molar-refractivity contribution in [3.8, 4) is 0 Å². The fourth-order valence-corrected chi connectivity index (χ4v) is 3.10. The average Bonchev–Trinajstić information content (AvgIpc) is 2.30. The predicted molar refractivity (Wildman–Crippen MR) is 69.7 cm³/mol. The van der Waals surface area contributed by atoms with E-state index in [1.807, 2.05) is 5.06 Å². The summed E-state index contributed by atoms with van der Waals surface area (Å²) >= 11 is 0. The third-order valence-corrected chi connectivity index (χ3v) is 4.34. The Morgan fingerprint density at radius 1 is 0.889 bits per heavy atom. The van der Waals surface area contributed by atoms with Gasteiger partial charge in [0.25, 0.3) is 0 Å². The van der Waals surface area contributed by atoms with E-state index >= 15 is 0 Å². The topological polar surface area (TPSA) is 41.9 Å². The van der Waals surface area contributed by atoms with Crippen LogP contribution in [0.1, 0.15) is 64.2 Å². The van der Waals surface area contributed by atoms with Gasteiger partial charge in [-0.3, -0.25) is 0 Å². The van der Waals surface area contributed by atoms with Crippen LogP contribution in [0, 0.1) is 0 Å². The summed E-state index contributed by atoms with van der Waals surface area (Å²) in [6.07, 6.45) is 11.7. The van der Waals surface area contributed by atoms with Crippen molar-refractivity contribution in [1.82, 2.24) is 5.06 Å². The van der Waals surface area contributed by atoms with Crippen LogP contribution in [-0.2, 0) is 9.88 Å². The smallest absolute Gasteiger partial charge is 0.0842 e. The molecule has 0 aromatic carbocycles. The Kier molecular flexibility index (Phi) is 5.89. The SMILES string of the molecule is OCC1(N2CCCCCOO2)CCCCCCC1. The van der Waals surface area contributed by atoms with Crippen molar-refractivity contribution in [3.63, 3.8) is 0 Å². The number of hydrogen-bond donors (Lipinski definition) is 1. The minimum atomic E-state index is -0.211. The minimum Gasteiger partial charge on any atom is -0.394 e. The zero-order valence-corrected chi connectivity index (χ0v) is 11.4. The molecule has 4 heteroatoms. The van der Waals surface area contributed by atoms with E-state index in [0.717, 1.165) is 32.2 Å². The highest BCUT2D eigenvalue weighted by Gasteiger charge is 2.38. The molecule has 0 atom stereocenters. The predicted octanol–water partition coefficient (Wildman–Crippen LogP) is 2.81. The van der Waals surface area contributed by atoms with Gasteiger partial charge in [0.2, 0.25) is 0 Å². The fourth-order valence-electron chi connectivity index (χ4n) is 3.10. The van der Waals surface area contributed by atoms with E-state index in [0.29, 0.717) is 6.61 Å². The number of aliphatic hydroxyl groups is 1.